The van der Waals surface area contributed by atoms with Gasteiger partial charge in [0.25, 0.3) is 0 Å². The fraction of sp³-hybridized carbons (Fsp3) is 0.417. The number of piperazine rings is 1. The normalized spacial score (nSPS) is 17.4. The molecular weight excluding hydrogens is 362 g/mol. The Labute approximate surface area is 172 Å². The monoisotopic (exact) mass is 391 g/mol. The van der Waals surface area contributed by atoms with Gasteiger partial charge in [-0.1, -0.05) is 36.4 Å². The number of anilines is 1. The van der Waals surface area contributed by atoms with E-state index < -0.39 is 11.8 Å². The lowest BCUT2D eigenvalue weighted by atomic mass is 9.89. The molecule has 2 aliphatic rings. The van der Waals surface area contributed by atoms with Gasteiger partial charge in [0, 0.05) is 31.9 Å². The van der Waals surface area contributed by atoms with Crippen molar-refractivity contribution in [1.29, 1.82) is 0 Å². The molecule has 2 amide bonds. The predicted molar refractivity (Wildman–Crippen MR) is 115 cm³/mol. The molecule has 5 nitrogen and oxygen atoms in total. The molecular formula is C24H29N3O2. The van der Waals surface area contributed by atoms with Crippen LogP contribution in [0.15, 0.2) is 48.5 Å². The summed E-state index contributed by atoms with van der Waals surface area (Å²) in [5.41, 5.74) is 5.04. The average molecular weight is 392 g/mol. The van der Waals surface area contributed by atoms with Crippen LogP contribution in [0.5, 0.6) is 0 Å². The van der Waals surface area contributed by atoms with Crippen LogP contribution in [0.2, 0.25) is 0 Å². The summed E-state index contributed by atoms with van der Waals surface area (Å²) in [6, 6.07) is 16.5. The van der Waals surface area contributed by atoms with E-state index in [2.05, 4.69) is 40.5 Å². The van der Waals surface area contributed by atoms with Crippen molar-refractivity contribution in [3.63, 3.8) is 0 Å². The third-order valence-corrected chi connectivity index (χ3v) is 6.10. The SMILES string of the molecule is CC(NC(=O)C(=O)N1CCN(c2ccccc2)CC1)c1ccc2c(c1)CCCC2. The van der Waals surface area contributed by atoms with E-state index in [1.807, 2.05) is 25.1 Å². The number of para-hydroxylation sites is 1. The summed E-state index contributed by atoms with van der Waals surface area (Å²) in [7, 11) is 0. The van der Waals surface area contributed by atoms with Crippen molar-refractivity contribution >= 4 is 17.5 Å². The minimum Gasteiger partial charge on any atom is -0.368 e. The molecule has 1 aliphatic heterocycles. The third kappa shape index (κ3) is 4.44. The molecule has 0 aromatic heterocycles. The molecule has 1 unspecified atom stereocenters. The molecule has 0 saturated carbocycles. The highest BCUT2D eigenvalue weighted by atomic mass is 16.2. The zero-order valence-electron chi connectivity index (χ0n) is 17.1. The number of carbonyl (C=O) groups excluding carboxylic acids is 2. The molecule has 152 valence electrons. The first kappa shape index (κ1) is 19.5. The maximum absolute atomic E-state index is 12.6. The van der Waals surface area contributed by atoms with Crippen LogP contribution in [0.4, 0.5) is 5.69 Å². The third-order valence-electron chi connectivity index (χ3n) is 6.10. The fourth-order valence-corrected chi connectivity index (χ4v) is 4.31. The topological polar surface area (TPSA) is 52.7 Å². The largest absolute Gasteiger partial charge is 0.368 e. The van der Waals surface area contributed by atoms with Gasteiger partial charge >= 0.3 is 11.8 Å². The second kappa shape index (κ2) is 8.68. The molecule has 5 heteroatoms. The van der Waals surface area contributed by atoms with E-state index in [1.54, 1.807) is 4.90 Å². The molecule has 29 heavy (non-hydrogen) atoms. The molecule has 1 saturated heterocycles. The highest BCUT2D eigenvalue weighted by molar-refractivity contribution is 6.35. The number of hydrogen-bond donors (Lipinski definition) is 1. The Morgan fingerprint density at radius 1 is 0.897 bits per heavy atom. The number of nitrogens with one attached hydrogen (secondary N) is 1. The van der Waals surface area contributed by atoms with Gasteiger partial charge in [0.1, 0.15) is 0 Å². The molecule has 1 N–H and O–H groups in total. The summed E-state index contributed by atoms with van der Waals surface area (Å²) in [5, 5.41) is 2.90. The van der Waals surface area contributed by atoms with Gasteiger partial charge in [0.15, 0.2) is 0 Å². The minimum atomic E-state index is -0.511. The zero-order valence-corrected chi connectivity index (χ0v) is 17.1. The maximum Gasteiger partial charge on any atom is 0.312 e. The van der Waals surface area contributed by atoms with Crippen LogP contribution in [-0.2, 0) is 22.4 Å². The smallest absolute Gasteiger partial charge is 0.312 e. The van der Waals surface area contributed by atoms with Crippen LogP contribution in [0.3, 0.4) is 0 Å². The van der Waals surface area contributed by atoms with Crippen molar-refractivity contribution in [1.82, 2.24) is 10.2 Å². The lowest BCUT2D eigenvalue weighted by Crippen LogP contribution is -2.52. The summed E-state index contributed by atoms with van der Waals surface area (Å²) in [6.07, 6.45) is 4.73. The lowest BCUT2D eigenvalue weighted by molar-refractivity contribution is -0.146. The number of aryl methyl sites for hydroxylation is 2. The van der Waals surface area contributed by atoms with Crippen molar-refractivity contribution in [3.05, 3.63) is 65.2 Å². The van der Waals surface area contributed by atoms with E-state index in [4.69, 9.17) is 0 Å². The second-order valence-electron chi connectivity index (χ2n) is 8.05. The summed E-state index contributed by atoms with van der Waals surface area (Å²) >= 11 is 0. The quantitative estimate of drug-likeness (QED) is 0.818. The number of hydrogen-bond acceptors (Lipinski definition) is 3. The number of rotatable bonds is 3. The van der Waals surface area contributed by atoms with Gasteiger partial charge in [0.05, 0.1) is 6.04 Å². The van der Waals surface area contributed by atoms with E-state index in [0.717, 1.165) is 37.2 Å². The summed E-state index contributed by atoms with van der Waals surface area (Å²) in [4.78, 5) is 29.1. The van der Waals surface area contributed by atoms with Crippen LogP contribution >= 0.6 is 0 Å². The molecule has 0 bridgehead atoms. The molecule has 1 atom stereocenters. The first-order valence-corrected chi connectivity index (χ1v) is 10.6. The van der Waals surface area contributed by atoms with Crippen molar-refractivity contribution in [2.24, 2.45) is 0 Å². The summed E-state index contributed by atoms with van der Waals surface area (Å²) in [6.45, 7) is 4.55. The Hall–Kier alpha value is -2.82. The van der Waals surface area contributed by atoms with Crippen molar-refractivity contribution in [3.8, 4) is 0 Å². The summed E-state index contributed by atoms with van der Waals surface area (Å²) < 4.78 is 0. The predicted octanol–water partition coefficient (Wildman–Crippen LogP) is 3.09. The number of fused-ring (bicyclic) bond motifs is 1. The Morgan fingerprint density at radius 3 is 2.31 bits per heavy atom. The lowest BCUT2D eigenvalue weighted by Gasteiger charge is -2.35. The van der Waals surface area contributed by atoms with Gasteiger partial charge < -0.3 is 15.1 Å². The first-order chi connectivity index (χ1) is 14.1. The van der Waals surface area contributed by atoms with Gasteiger partial charge in [-0.3, -0.25) is 9.59 Å². The Kier molecular flexibility index (Phi) is 5.84. The molecule has 2 aromatic rings. The van der Waals surface area contributed by atoms with Crippen LogP contribution in [0, 0.1) is 0 Å². The van der Waals surface area contributed by atoms with Gasteiger partial charge in [-0.05, 0) is 61.4 Å². The molecule has 4 rings (SSSR count). The van der Waals surface area contributed by atoms with Crippen LogP contribution < -0.4 is 10.2 Å². The molecule has 0 spiro atoms. The molecule has 2 aromatic carbocycles. The highest BCUT2D eigenvalue weighted by Crippen LogP contribution is 2.25. The van der Waals surface area contributed by atoms with Gasteiger partial charge in [-0.25, -0.2) is 0 Å². The molecule has 1 heterocycles. The van der Waals surface area contributed by atoms with Crippen molar-refractivity contribution < 1.29 is 9.59 Å². The van der Waals surface area contributed by atoms with E-state index in [0.29, 0.717) is 13.1 Å². The van der Waals surface area contributed by atoms with Gasteiger partial charge in [-0.15, -0.1) is 0 Å². The average Bonchev–Trinajstić information content (AvgIpc) is 2.79. The number of amides is 2. The number of carbonyl (C=O) groups is 2. The van der Waals surface area contributed by atoms with E-state index in [-0.39, 0.29) is 6.04 Å². The van der Waals surface area contributed by atoms with E-state index >= 15 is 0 Å². The molecule has 1 aliphatic carbocycles. The van der Waals surface area contributed by atoms with Crippen molar-refractivity contribution in [2.45, 2.75) is 38.6 Å². The molecule has 1 fully saturated rings. The van der Waals surface area contributed by atoms with Crippen LogP contribution in [0.1, 0.15) is 42.5 Å². The summed E-state index contributed by atoms with van der Waals surface area (Å²) in [5.74, 6) is -0.939. The Morgan fingerprint density at radius 2 is 1.59 bits per heavy atom. The fourth-order valence-electron chi connectivity index (χ4n) is 4.31. The zero-order chi connectivity index (χ0) is 20.2. The molecule has 0 radical (unpaired) electrons. The van der Waals surface area contributed by atoms with E-state index in [9.17, 15) is 9.59 Å². The maximum atomic E-state index is 12.6. The Balaban J connectivity index is 1.32. The van der Waals surface area contributed by atoms with E-state index in [1.165, 1.54) is 24.0 Å². The van der Waals surface area contributed by atoms with Crippen LogP contribution in [-0.4, -0.2) is 42.9 Å². The standard InChI is InChI=1S/C24H29N3O2/c1-18(20-12-11-19-7-5-6-8-21(19)17-20)25-23(28)24(29)27-15-13-26(14-16-27)22-9-3-2-4-10-22/h2-4,9-12,17-18H,5-8,13-16H2,1H3,(H,25,28). The number of benzene rings is 2. The Bertz CT molecular complexity index is 873. The number of nitrogens with zero attached hydrogens (tertiary/aromatic N) is 2. The van der Waals surface area contributed by atoms with Crippen molar-refractivity contribution in [2.75, 3.05) is 31.1 Å². The van der Waals surface area contributed by atoms with Crippen LogP contribution in [0.25, 0.3) is 0 Å². The van der Waals surface area contributed by atoms with Gasteiger partial charge in [0.2, 0.25) is 0 Å². The second-order valence-corrected chi connectivity index (χ2v) is 8.05. The minimum absolute atomic E-state index is 0.177. The first-order valence-electron chi connectivity index (χ1n) is 10.6. The highest BCUT2D eigenvalue weighted by Gasteiger charge is 2.27. The van der Waals surface area contributed by atoms with Gasteiger partial charge in [-0.2, -0.15) is 0 Å².